The van der Waals surface area contributed by atoms with E-state index in [9.17, 15) is 4.79 Å². The third-order valence-corrected chi connectivity index (χ3v) is 6.06. The first-order chi connectivity index (χ1) is 12.2. The number of hydrogen-bond acceptors (Lipinski definition) is 4. The largest absolute Gasteiger partial charge is 0.340 e. The molecule has 1 unspecified atom stereocenters. The minimum absolute atomic E-state index is 0.178. The smallest absolute Gasteiger partial charge is 0.261 e. The van der Waals surface area contributed by atoms with Gasteiger partial charge in [-0.3, -0.25) is 14.8 Å². The Bertz CT molecular complexity index is 725. The maximum Gasteiger partial charge on any atom is 0.261 e. The molecule has 2 saturated heterocycles. The SMILES string of the molecule is O=C(N1CCCC1)C1(F)CCCN(Cc2cn[nH]c2-c2cccs2)C1. The predicted octanol–water partition coefficient (Wildman–Crippen LogP) is 3.06. The summed E-state index contributed by atoms with van der Waals surface area (Å²) in [6, 6.07) is 4.06. The summed E-state index contributed by atoms with van der Waals surface area (Å²) in [6.07, 6.45) is 4.84. The second-order valence-electron chi connectivity index (χ2n) is 7.03. The number of alkyl halides is 1. The van der Waals surface area contributed by atoms with Gasteiger partial charge in [0.25, 0.3) is 5.91 Å². The Hall–Kier alpha value is -1.73. The molecule has 4 heterocycles. The lowest BCUT2D eigenvalue weighted by molar-refractivity contribution is -0.147. The van der Waals surface area contributed by atoms with Crippen LogP contribution in [0.25, 0.3) is 10.6 Å². The molecule has 0 aromatic carbocycles. The summed E-state index contributed by atoms with van der Waals surface area (Å²) in [5.41, 5.74) is 0.311. The van der Waals surface area contributed by atoms with E-state index in [0.717, 1.165) is 35.5 Å². The maximum atomic E-state index is 15.4. The molecule has 134 valence electrons. The Kier molecular flexibility index (Phi) is 4.60. The number of nitrogens with one attached hydrogen (secondary N) is 1. The van der Waals surface area contributed by atoms with Crippen LogP contribution in [0.2, 0.25) is 0 Å². The van der Waals surface area contributed by atoms with E-state index in [1.54, 1.807) is 16.2 Å². The van der Waals surface area contributed by atoms with Crippen molar-refractivity contribution >= 4 is 17.2 Å². The monoisotopic (exact) mass is 362 g/mol. The Morgan fingerprint density at radius 2 is 2.16 bits per heavy atom. The second-order valence-corrected chi connectivity index (χ2v) is 7.97. The molecule has 5 nitrogen and oxygen atoms in total. The van der Waals surface area contributed by atoms with Gasteiger partial charge in [0.15, 0.2) is 0 Å². The van der Waals surface area contributed by atoms with Crippen LogP contribution >= 0.6 is 11.3 Å². The van der Waals surface area contributed by atoms with Crippen molar-refractivity contribution in [2.24, 2.45) is 0 Å². The van der Waals surface area contributed by atoms with Crippen molar-refractivity contribution < 1.29 is 9.18 Å². The molecule has 2 aliphatic heterocycles. The van der Waals surface area contributed by atoms with Crippen molar-refractivity contribution in [2.75, 3.05) is 26.2 Å². The van der Waals surface area contributed by atoms with Crippen LogP contribution in [0.1, 0.15) is 31.2 Å². The summed E-state index contributed by atoms with van der Waals surface area (Å²) in [5.74, 6) is -0.305. The van der Waals surface area contributed by atoms with Crippen LogP contribution in [0.4, 0.5) is 4.39 Å². The highest BCUT2D eigenvalue weighted by Crippen LogP contribution is 2.32. The van der Waals surface area contributed by atoms with E-state index in [2.05, 4.69) is 15.1 Å². The maximum absolute atomic E-state index is 15.4. The molecule has 0 radical (unpaired) electrons. The number of amides is 1. The van der Waals surface area contributed by atoms with Crippen LogP contribution in [0.5, 0.6) is 0 Å². The molecule has 1 amide bonds. The highest BCUT2D eigenvalue weighted by atomic mass is 32.1. The summed E-state index contributed by atoms with van der Waals surface area (Å²) >= 11 is 1.65. The van der Waals surface area contributed by atoms with Gasteiger partial charge in [0.2, 0.25) is 5.67 Å². The minimum Gasteiger partial charge on any atom is -0.340 e. The Morgan fingerprint density at radius 3 is 2.92 bits per heavy atom. The van der Waals surface area contributed by atoms with Gasteiger partial charge in [-0.05, 0) is 43.7 Å². The fourth-order valence-corrected chi connectivity index (χ4v) is 4.67. The number of H-pyrrole nitrogens is 1. The molecule has 2 aromatic rings. The fraction of sp³-hybridized carbons (Fsp3) is 0.556. The molecule has 4 rings (SSSR count). The number of carbonyl (C=O) groups excluding carboxylic acids is 1. The van der Waals surface area contributed by atoms with Gasteiger partial charge in [-0.2, -0.15) is 5.10 Å². The molecule has 0 aliphatic carbocycles. The van der Waals surface area contributed by atoms with Crippen molar-refractivity contribution in [1.82, 2.24) is 20.0 Å². The zero-order valence-electron chi connectivity index (χ0n) is 14.2. The first-order valence-electron chi connectivity index (χ1n) is 8.92. The van der Waals surface area contributed by atoms with Crippen LogP contribution in [-0.4, -0.2) is 57.8 Å². The highest BCUT2D eigenvalue weighted by Gasteiger charge is 2.45. The summed E-state index contributed by atoms with van der Waals surface area (Å²) in [6.45, 7) is 3.01. The number of aromatic amines is 1. The third kappa shape index (κ3) is 3.35. The Labute approximate surface area is 150 Å². The number of halogens is 1. The average Bonchev–Trinajstić information content (AvgIpc) is 3.36. The molecule has 2 aromatic heterocycles. The molecule has 2 fully saturated rings. The summed E-state index contributed by atoms with van der Waals surface area (Å²) < 4.78 is 15.4. The van der Waals surface area contributed by atoms with E-state index in [0.29, 0.717) is 32.5 Å². The molecule has 7 heteroatoms. The van der Waals surface area contributed by atoms with E-state index < -0.39 is 5.67 Å². The summed E-state index contributed by atoms with van der Waals surface area (Å²) in [4.78, 5) is 17.5. The zero-order chi connectivity index (χ0) is 17.3. The number of thiophene rings is 1. The first-order valence-corrected chi connectivity index (χ1v) is 9.80. The van der Waals surface area contributed by atoms with Gasteiger partial charge >= 0.3 is 0 Å². The molecule has 0 bridgehead atoms. The van der Waals surface area contributed by atoms with Crippen LogP contribution in [0.15, 0.2) is 23.7 Å². The Morgan fingerprint density at radius 1 is 1.32 bits per heavy atom. The van der Waals surface area contributed by atoms with E-state index in [4.69, 9.17) is 0 Å². The van der Waals surface area contributed by atoms with Crippen LogP contribution in [-0.2, 0) is 11.3 Å². The molecule has 0 saturated carbocycles. The number of nitrogens with zero attached hydrogens (tertiary/aromatic N) is 3. The standard InChI is InChI=1S/C18H23FN4OS/c19-18(17(24)23-8-1-2-9-23)6-4-7-22(13-18)12-14-11-20-21-16(14)15-5-3-10-25-15/h3,5,10-11H,1-2,4,6-9,12-13H2,(H,20,21). The van der Waals surface area contributed by atoms with Gasteiger partial charge in [0, 0.05) is 31.7 Å². The molecule has 0 spiro atoms. The Balaban J connectivity index is 1.47. The van der Waals surface area contributed by atoms with Crippen molar-refractivity contribution in [3.63, 3.8) is 0 Å². The second kappa shape index (κ2) is 6.88. The highest BCUT2D eigenvalue weighted by molar-refractivity contribution is 7.13. The lowest BCUT2D eigenvalue weighted by Gasteiger charge is -2.38. The average molecular weight is 362 g/mol. The lowest BCUT2D eigenvalue weighted by Crippen LogP contribution is -2.54. The third-order valence-electron chi connectivity index (χ3n) is 5.18. The van der Waals surface area contributed by atoms with E-state index >= 15 is 4.39 Å². The lowest BCUT2D eigenvalue weighted by atomic mass is 9.92. The topological polar surface area (TPSA) is 52.2 Å². The number of aromatic nitrogens is 2. The van der Waals surface area contributed by atoms with Crippen LogP contribution < -0.4 is 0 Å². The van der Waals surface area contributed by atoms with Gasteiger partial charge in [0.1, 0.15) is 0 Å². The van der Waals surface area contributed by atoms with Gasteiger partial charge in [-0.15, -0.1) is 11.3 Å². The number of rotatable bonds is 4. The molecular formula is C18H23FN4OS. The molecule has 1 N–H and O–H groups in total. The molecule has 2 aliphatic rings. The number of carbonyl (C=O) groups is 1. The number of likely N-dealkylation sites (tertiary alicyclic amines) is 2. The van der Waals surface area contributed by atoms with Crippen molar-refractivity contribution in [2.45, 2.75) is 37.9 Å². The normalized spacial score (nSPS) is 24.8. The summed E-state index contributed by atoms with van der Waals surface area (Å²) in [7, 11) is 0. The van der Waals surface area contributed by atoms with Gasteiger partial charge in [-0.25, -0.2) is 4.39 Å². The minimum atomic E-state index is -1.74. The van der Waals surface area contributed by atoms with Crippen molar-refractivity contribution in [3.05, 3.63) is 29.3 Å². The molecule has 25 heavy (non-hydrogen) atoms. The fourth-order valence-electron chi connectivity index (χ4n) is 3.91. The van der Waals surface area contributed by atoms with Crippen LogP contribution in [0, 0.1) is 0 Å². The van der Waals surface area contributed by atoms with Crippen LogP contribution in [0.3, 0.4) is 0 Å². The first kappa shape index (κ1) is 16.7. The number of piperidine rings is 1. The summed E-state index contributed by atoms with van der Waals surface area (Å²) in [5, 5.41) is 9.24. The van der Waals surface area contributed by atoms with Gasteiger partial charge in [0.05, 0.1) is 16.8 Å². The van der Waals surface area contributed by atoms with Gasteiger partial charge in [-0.1, -0.05) is 6.07 Å². The van der Waals surface area contributed by atoms with E-state index in [1.807, 2.05) is 23.7 Å². The van der Waals surface area contributed by atoms with Crippen molar-refractivity contribution in [1.29, 1.82) is 0 Å². The predicted molar refractivity (Wildman–Crippen MR) is 96.1 cm³/mol. The number of hydrogen-bond donors (Lipinski definition) is 1. The quantitative estimate of drug-likeness (QED) is 0.909. The zero-order valence-corrected chi connectivity index (χ0v) is 15.0. The van der Waals surface area contributed by atoms with Gasteiger partial charge < -0.3 is 4.90 Å². The van der Waals surface area contributed by atoms with E-state index in [-0.39, 0.29) is 12.5 Å². The molecular weight excluding hydrogens is 339 g/mol. The molecule has 1 atom stereocenters. The van der Waals surface area contributed by atoms with Crippen molar-refractivity contribution in [3.8, 4) is 10.6 Å². The van der Waals surface area contributed by atoms with E-state index in [1.165, 1.54) is 0 Å².